The van der Waals surface area contributed by atoms with Crippen LogP contribution in [0.15, 0.2) is 89.1 Å². The third kappa shape index (κ3) is 3.89. The van der Waals surface area contributed by atoms with E-state index in [1.165, 1.54) is 0 Å². The number of azo groups is 1. The summed E-state index contributed by atoms with van der Waals surface area (Å²) < 4.78 is 0. The molecule has 1 N–H and O–H groups in total. The Balaban J connectivity index is 1.75. The molecule has 0 fully saturated rings. The Bertz CT molecular complexity index is 861. The topological polar surface area (TPSA) is 56.8 Å². The maximum absolute atomic E-state index is 12.2. The van der Waals surface area contributed by atoms with Crippen molar-refractivity contribution < 1.29 is 4.87 Å². The molecule has 3 rings (SSSR count). The van der Waals surface area contributed by atoms with E-state index in [1.807, 2.05) is 67.6 Å². The van der Waals surface area contributed by atoms with Crippen LogP contribution in [0, 0.1) is 11.8 Å². The second kappa shape index (κ2) is 7.28. The summed E-state index contributed by atoms with van der Waals surface area (Å²) in [6.45, 7) is 1.90. The fraction of sp³-hybridized carbons (Fsp3) is 0.0526. The Morgan fingerprint density at radius 3 is 2.17 bits per heavy atom. The predicted molar refractivity (Wildman–Crippen MR) is 95.1 cm³/mol. The van der Waals surface area contributed by atoms with Crippen molar-refractivity contribution in [3.8, 4) is 0 Å². The van der Waals surface area contributed by atoms with Crippen LogP contribution >= 0.6 is 0 Å². The number of hydrazine groups is 1. The van der Waals surface area contributed by atoms with Gasteiger partial charge in [0.2, 0.25) is 0 Å². The van der Waals surface area contributed by atoms with E-state index in [1.54, 1.807) is 18.2 Å². The van der Waals surface area contributed by atoms with Gasteiger partial charge in [-0.05, 0) is 42.8 Å². The summed E-state index contributed by atoms with van der Waals surface area (Å²) in [7, 11) is 0. The number of aryl methyl sites for hydroxylation is 1. The van der Waals surface area contributed by atoms with E-state index >= 15 is 0 Å². The van der Waals surface area contributed by atoms with Gasteiger partial charge in [-0.15, -0.1) is 5.43 Å². The molecule has 0 bridgehead atoms. The lowest BCUT2D eigenvalue weighted by Crippen LogP contribution is -2.10. The predicted octanol–water partition coefficient (Wildman–Crippen LogP) is 5.85. The van der Waals surface area contributed by atoms with Gasteiger partial charge in [0.1, 0.15) is 5.69 Å². The number of anilines is 1. The van der Waals surface area contributed by atoms with Crippen LogP contribution < -0.4 is 5.43 Å². The van der Waals surface area contributed by atoms with Gasteiger partial charge in [-0.1, -0.05) is 36.4 Å². The Morgan fingerprint density at radius 2 is 1.50 bits per heavy atom. The van der Waals surface area contributed by atoms with Gasteiger partial charge in [-0.2, -0.15) is 10.2 Å². The van der Waals surface area contributed by atoms with Crippen LogP contribution in [0.25, 0.3) is 0 Å². The lowest BCUT2D eigenvalue weighted by molar-refractivity contribution is -0.427. The number of nitrogens with zero attached hydrogens (tertiary/aromatic N) is 3. The normalized spacial score (nSPS) is 10.7. The van der Waals surface area contributed by atoms with E-state index in [-0.39, 0.29) is 0 Å². The van der Waals surface area contributed by atoms with E-state index in [9.17, 15) is 4.91 Å². The van der Waals surface area contributed by atoms with E-state index in [2.05, 4.69) is 15.7 Å². The molecular formula is C19H17N4O+. The minimum atomic E-state index is 0.509. The Labute approximate surface area is 140 Å². The third-order valence-electron chi connectivity index (χ3n) is 3.45. The molecule has 0 saturated carbocycles. The number of nitroso groups, excluding NO2 is 1. The smallest absolute Gasteiger partial charge is 0.151 e. The second-order valence-corrected chi connectivity index (χ2v) is 5.28. The van der Waals surface area contributed by atoms with Gasteiger partial charge in [0.25, 0.3) is 5.69 Å². The Hall–Kier alpha value is -3.34. The molecule has 0 unspecified atom stereocenters. The van der Waals surface area contributed by atoms with Crippen molar-refractivity contribution in [1.29, 1.82) is 0 Å². The first kappa shape index (κ1) is 15.6. The summed E-state index contributed by atoms with van der Waals surface area (Å²) >= 11 is 0. The Kier molecular flexibility index (Phi) is 4.72. The molecule has 5 nitrogen and oxygen atoms in total. The van der Waals surface area contributed by atoms with Gasteiger partial charge in [0.05, 0.1) is 16.3 Å². The van der Waals surface area contributed by atoms with Crippen LogP contribution in [0.5, 0.6) is 0 Å². The molecular weight excluding hydrogens is 300 g/mol. The highest BCUT2D eigenvalue weighted by molar-refractivity contribution is 5.52. The summed E-state index contributed by atoms with van der Waals surface area (Å²) in [5.41, 5.74) is 6.43. The minimum Gasteiger partial charge on any atom is -0.151 e. The summed E-state index contributed by atoms with van der Waals surface area (Å²) in [6.07, 6.45) is 0. The van der Waals surface area contributed by atoms with E-state index < -0.39 is 0 Å². The molecule has 5 heteroatoms. The van der Waals surface area contributed by atoms with Crippen LogP contribution in [-0.2, 0) is 0 Å². The van der Waals surface area contributed by atoms with Crippen molar-refractivity contribution in [2.45, 2.75) is 6.92 Å². The van der Waals surface area contributed by atoms with E-state index in [0.29, 0.717) is 5.69 Å². The SMILES string of the molecule is Cc1cc([N+](=O)Nc2ccccc2)ccc1N=Nc1ccccc1. The zero-order valence-corrected chi connectivity index (χ0v) is 13.3. The first-order chi connectivity index (χ1) is 11.7. The molecule has 3 aromatic rings. The molecule has 0 aliphatic carbocycles. The fourth-order valence-electron chi connectivity index (χ4n) is 2.18. The molecule has 0 amide bonds. The molecule has 0 radical (unpaired) electrons. The number of nitrogens with one attached hydrogen (secondary N) is 1. The van der Waals surface area contributed by atoms with E-state index in [4.69, 9.17) is 0 Å². The molecule has 24 heavy (non-hydrogen) atoms. The molecule has 118 valence electrons. The second-order valence-electron chi connectivity index (χ2n) is 5.28. The molecule has 0 aromatic heterocycles. The van der Waals surface area contributed by atoms with Crippen molar-refractivity contribution >= 4 is 22.7 Å². The average Bonchev–Trinajstić information content (AvgIpc) is 2.62. The number of para-hydroxylation sites is 1. The van der Waals surface area contributed by atoms with Crippen molar-refractivity contribution in [2.75, 3.05) is 5.43 Å². The molecule has 0 aliphatic heterocycles. The first-order valence-electron chi connectivity index (χ1n) is 7.59. The van der Waals surface area contributed by atoms with Crippen molar-refractivity contribution in [2.24, 2.45) is 10.2 Å². The summed E-state index contributed by atoms with van der Waals surface area (Å²) in [6, 6.07) is 24.1. The largest absolute Gasteiger partial charge is 0.292 e. The van der Waals surface area contributed by atoms with Gasteiger partial charge in [-0.3, -0.25) is 0 Å². The highest BCUT2D eigenvalue weighted by atomic mass is 16.3. The fourth-order valence-corrected chi connectivity index (χ4v) is 2.18. The molecule has 0 aliphatic rings. The van der Waals surface area contributed by atoms with Crippen LogP contribution in [-0.4, -0.2) is 4.87 Å². The maximum atomic E-state index is 12.2. The molecule has 0 spiro atoms. The number of rotatable bonds is 5. The molecule has 0 heterocycles. The summed E-state index contributed by atoms with van der Waals surface area (Å²) in [5.74, 6) is 0. The van der Waals surface area contributed by atoms with Gasteiger partial charge in [-0.25, -0.2) is 0 Å². The third-order valence-corrected chi connectivity index (χ3v) is 3.45. The van der Waals surface area contributed by atoms with Gasteiger partial charge in [0, 0.05) is 12.1 Å². The van der Waals surface area contributed by atoms with Crippen LogP contribution in [0.4, 0.5) is 22.7 Å². The van der Waals surface area contributed by atoms with Gasteiger partial charge >= 0.3 is 0 Å². The lowest BCUT2D eigenvalue weighted by atomic mass is 10.2. The number of hydrogen-bond acceptors (Lipinski definition) is 3. The quantitative estimate of drug-likeness (QED) is 0.364. The van der Waals surface area contributed by atoms with Crippen molar-refractivity contribution in [1.82, 2.24) is 0 Å². The summed E-state index contributed by atoms with van der Waals surface area (Å²) in [4.78, 5) is 12.9. The van der Waals surface area contributed by atoms with Crippen LogP contribution in [0.2, 0.25) is 0 Å². The molecule has 0 saturated heterocycles. The molecule has 3 aromatic carbocycles. The highest BCUT2D eigenvalue weighted by Crippen LogP contribution is 2.26. The Morgan fingerprint density at radius 1 is 0.833 bits per heavy atom. The lowest BCUT2D eigenvalue weighted by Gasteiger charge is -2.00. The number of hydrogen-bond donors (Lipinski definition) is 1. The van der Waals surface area contributed by atoms with E-state index in [0.717, 1.165) is 27.5 Å². The first-order valence-corrected chi connectivity index (χ1v) is 7.59. The van der Waals surface area contributed by atoms with Crippen LogP contribution in [0.1, 0.15) is 5.56 Å². The average molecular weight is 317 g/mol. The van der Waals surface area contributed by atoms with Crippen molar-refractivity contribution in [3.63, 3.8) is 0 Å². The zero-order chi connectivity index (χ0) is 16.8. The van der Waals surface area contributed by atoms with Crippen LogP contribution in [0.3, 0.4) is 0 Å². The minimum absolute atomic E-state index is 0.509. The maximum Gasteiger partial charge on any atom is 0.292 e. The highest BCUT2D eigenvalue weighted by Gasteiger charge is 2.15. The van der Waals surface area contributed by atoms with Gasteiger partial charge in [0.15, 0.2) is 4.87 Å². The molecule has 0 atom stereocenters. The summed E-state index contributed by atoms with van der Waals surface area (Å²) in [5, 5.41) is 8.44. The van der Waals surface area contributed by atoms with Crippen molar-refractivity contribution in [3.05, 3.63) is 89.3 Å². The van der Waals surface area contributed by atoms with Gasteiger partial charge < -0.3 is 0 Å². The monoisotopic (exact) mass is 317 g/mol. The zero-order valence-electron chi connectivity index (χ0n) is 13.3. The number of benzene rings is 3. The standard InChI is InChI=1S/C19H17N4O/c1-15-14-18(23(24)22-17-10-6-3-7-11-17)12-13-19(15)21-20-16-8-4-2-5-9-16/h2-14H,1H3,(H,22,24)/q+1.